The molecule has 9 nitrogen and oxygen atoms in total. The molecular weight excluding hydrogens is 440 g/mol. The smallest absolute Gasteiger partial charge is 0.414 e. The number of amides is 1. The molecule has 32 heavy (non-hydrogen) atoms. The van der Waals surface area contributed by atoms with E-state index in [4.69, 9.17) is 20.8 Å². The summed E-state index contributed by atoms with van der Waals surface area (Å²) in [6, 6.07) is 8.65. The maximum Gasteiger partial charge on any atom is 0.414 e. The lowest BCUT2D eigenvalue weighted by Crippen LogP contribution is -2.25. The van der Waals surface area contributed by atoms with Gasteiger partial charge in [-0.1, -0.05) is 23.7 Å². The molecule has 0 unspecified atom stereocenters. The van der Waals surface area contributed by atoms with E-state index in [1.807, 2.05) is 0 Å². The lowest BCUT2D eigenvalue weighted by atomic mass is 9.95. The number of carbonyl (C=O) groups excluding carboxylic acids is 2. The molecule has 0 fully saturated rings. The number of benzene rings is 2. The van der Waals surface area contributed by atoms with Crippen molar-refractivity contribution in [1.82, 2.24) is 4.90 Å². The summed E-state index contributed by atoms with van der Waals surface area (Å²) in [4.78, 5) is 48.4. The van der Waals surface area contributed by atoms with Crippen LogP contribution >= 0.6 is 11.6 Å². The molecule has 0 aliphatic heterocycles. The molecule has 1 aromatic heterocycles. The summed E-state index contributed by atoms with van der Waals surface area (Å²) in [5, 5.41) is 11.6. The Kier molecular flexibility index (Phi) is 6.59. The number of halogens is 1. The molecule has 1 heterocycles. The number of rotatable bonds is 6. The Hall–Kier alpha value is -3.72. The zero-order valence-electron chi connectivity index (χ0n) is 17.5. The molecule has 0 radical (unpaired) electrons. The topological polar surface area (TPSA) is 120 Å². The van der Waals surface area contributed by atoms with Gasteiger partial charge in [-0.25, -0.2) is 9.59 Å². The lowest BCUT2D eigenvalue weighted by molar-refractivity contribution is -0.384. The van der Waals surface area contributed by atoms with E-state index in [0.29, 0.717) is 16.5 Å². The van der Waals surface area contributed by atoms with Crippen LogP contribution in [0.25, 0.3) is 11.0 Å². The predicted octanol–water partition coefficient (Wildman–Crippen LogP) is 4.14. The number of non-ortho nitro benzene ring substituents is 1. The number of hydrogen-bond acceptors (Lipinski definition) is 7. The minimum Gasteiger partial charge on any atom is -0.422 e. The number of fused-ring (bicyclic) bond motifs is 1. The second kappa shape index (κ2) is 9.19. The fraction of sp³-hybridized carbons (Fsp3) is 0.227. The molecule has 0 atom stereocenters. The fourth-order valence-corrected chi connectivity index (χ4v) is 3.38. The molecule has 10 heteroatoms. The summed E-state index contributed by atoms with van der Waals surface area (Å²) in [5.74, 6) is -0.197. The average Bonchev–Trinajstić information content (AvgIpc) is 2.71. The van der Waals surface area contributed by atoms with Crippen LogP contribution in [0.4, 0.5) is 10.5 Å². The van der Waals surface area contributed by atoms with E-state index in [0.717, 1.165) is 0 Å². The van der Waals surface area contributed by atoms with E-state index >= 15 is 0 Å². The number of nitrogens with zero attached hydrogens (tertiary/aromatic N) is 2. The highest BCUT2D eigenvalue weighted by atomic mass is 35.5. The van der Waals surface area contributed by atoms with Crippen molar-refractivity contribution in [3.63, 3.8) is 0 Å². The second-order valence-corrected chi connectivity index (χ2v) is 7.78. The van der Waals surface area contributed by atoms with E-state index in [9.17, 15) is 24.5 Å². The van der Waals surface area contributed by atoms with E-state index in [-0.39, 0.29) is 46.2 Å². The maximum absolute atomic E-state index is 12.8. The largest absolute Gasteiger partial charge is 0.422 e. The van der Waals surface area contributed by atoms with Crippen molar-refractivity contribution in [3.8, 4) is 5.75 Å². The van der Waals surface area contributed by atoms with Gasteiger partial charge in [0.05, 0.1) is 9.95 Å². The first kappa shape index (κ1) is 23.0. The summed E-state index contributed by atoms with van der Waals surface area (Å²) in [6.07, 6.45) is -0.711. The molecule has 1 amide bonds. The van der Waals surface area contributed by atoms with Gasteiger partial charge in [0.25, 0.3) is 5.69 Å². The van der Waals surface area contributed by atoms with Crippen LogP contribution in [0, 0.1) is 10.1 Å². The number of hydrogen-bond donors (Lipinski definition) is 0. The molecule has 3 aromatic rings. The van der Waals surface area contributed by atoms with Crippen LogP contribution in [-0.2, 0) is 17.6 Å². The van der Waals surface area contributed by atoms with Crippen LogP contribution in [0.5, 0.6) is 5.75 Å². The highest BCUT2D eigenvalue weighted by Gasteiger charge is 2.20. The first-order chi connectivity index (χ1) is 15.1. The van der Waals surface area contributed by atoms with Crippen molar-refractivity contribution in [2.45, 2.75) is 19.8 Å². The van der Waals surface area contributed by atoms with Gasteiger partial charge in [0, 0.05) is 56.1 Å². The van der Waals surface area contributed by atoms with Gasteiger partial charge < -0.3 is 14.1 Å². The Labute approximate surface area is 187 Å². The van der Waals surface area contributed by atoms with E-state index in [1.54, 1.807) is 6.07 Å². The highest BCUT2D eigenvalue weighted by molar-refractivity contribution is 6.33. The third kappa shape index (κ3) is 4.94. The number of ketones is 1. The van der Waals surface area contributed by atoms with Crippen molar-refractivity contribution in [2.24, 2.45) is 0 Å². The number of Topliss-reactive ketones (excluding diaryl/α,β-unsaturated/α-hetero) is 1. The predicted molar refractivity (Wildman–Crippen MR) is 117 cm³/mol. The summed E-state index contributed by atoms with van der Waals surface area (Å²) >= 11 is 6.29. The van der Waals surface area contributed by atoms with Crippen LogP contribution in [0.3, 0.4) is 0 Å². The van der Waals surface area contributed by atoms with Crippen molar-refractivity contribution in [2.75, 3.05) is 14.1 Å². The van der Waals surface area contributed by atoms with Gasteiger partial charge in [0.15, 0.2) is 5.75 Å². The molecule has 0 saturated carbocycles. The molecule has 0 aliphatic rings. The normalized spacial score (nSPS) is 10.8. The molecule has 166 valence electrons. The Morgan fingerprint density at radius 2 is 1.91 bits per heavy atom. The van der Waals surface area contributed by atoms with E-state index in [1.165, 1.54) is 56.3 Å². The number of ether oxygens (including phenoxy) is 1. The molecule has 0 bridgehead atoms. The third-order valence-electron chi connectivity index (χ3n) is 4.66. The minimum atomic E-state index is -0.701. The summed E-state index contributed by atoms with van der Waals surface area (Å²) in [5.41, 5.74) is 0.395. The van der Waals surface area contributed by atoms with Crippen molar-refractivity contribution >= 4 is 40.1 Å². The van der Waals surface area contributed by atoms with E-state index in [2.05, 4.69) is 0 Å². The fourth-order valence-electron chi connectivity index (χ4n) is 3.18. The molecule has 3 rings (SSSR count). The molecule has 0 spiro atoms. The third-order valence-corrected chi connectivity index (χ3v) is 4.96. The van der Waals surface area contributed by atoms with Crippen LogP contribution < -0.4 is 10.4 Å². The SMILES string of the molecule is CC(=O)Cc1c(Cc2cccc([N+](=O)[O-])c2)c(=O)oc2cc(OC(=O)N(C)C)c(Cl)cc12. The molecule has 2 aromatic carbocycles. The zero-order chi connectivity index (χ0) is 23.6. The number of nitro groups is 1. The van der Waals surface area contributed by atoms with Crippen LogP contribution in [-0.4, -0.2) is 35.8 Å². The summed E-state index contributed by atoms with van der Waals surface area (Å²) < 4.78 is 10.6. The molecule has 0 aliphatic carbocycles. The van der Waals surface area contributed by atoms with Crippen molar-refractivity contribution in [3.05, 3.63) is 78.6 Å². The standard InChI is InChI=1S/C22H19ClN2O7/c1-12(26)7-15-16-10-18(23)20(32-22(28)24(2)3)11-19(16)31-21(27)17(15)9-13-5-4-6-14(8-13)25(29)30/h4-6,8,10-11H,7,9H2,1-3H3. The quantitative estimate of drug-likeness (QED) is 0.309. The molecule has 0 saturated heterocycles. The Bertz CT molecular complexity index is 1300. The van der Waals surface area contributed by atoms with Gasteiger partial charge in [-0.2, -0.15) is 0 Å². The van der Waals surface area contributed by atoms with Gasteiger partial charge >= 0.3 is 11.7 Å². The summed E-state index contributed by atoms with van der Waals surface area (Å²) in [6.45, 7) is 1.38. The Morgan fingerprint density at radius 3 is 2.53 bits per heavy atom. The van der Waals surface area contributed by atoms with Gasteiger partial charge in [-0.3, -0.25) is 14.9 Å². The van der Waals surface area contributed by atoms with E-state index < -0.39 is 16.6 Å². The van der Waals surface area contributed by atoms with Crippen LogP contribution in [0.1, 0.15) is 23.6 Å². The minimum absolute atomic E-state index is 0.00114. The first-order valence-corrected chi connectivity index (χ1v) is 9.84. The van der Waals surface area contributed by atoms with Gasteiger partial charge in [-0.15, -0.1) is 0 Å². The molecular formula is C22H19ClN2O7. The van der Waals surface area contributed by atoms with Gasteiger partial charge in [-0.05, 0) is 24.1 Å². The van der Waals surface area contributed by atoms with Crippen molar-refractivity contribution in [1.29, 1.82) is 0 Å². The number of carbonyl (C=O) groups is 2. The Balaban J connectivity index is 2.16. The monoisotopic (exact) mass is 458 g/mol. The zero-order valence-corrected chi connectivity index (χ0v) is 18.3. The van der Waals surface area contributed by atoms with Gasteiger partial charge in [0.1, 0.15) is 11.4 Å². The first-order valence-electron chi connectivity index (χ1n) is 9.46. The van der Waals surface area contributed by atoms with Crippen LogP contribution in [0.2, 0.25) is 5.02 Å². The number of nitro benzene ring substituents is 1. The second-order valence-electron chi connectivity index (χ2n) is 7.37. The van der Waals surface area contributed by atoms with Crippen LogP contribution in [0.15, 0.2) is 45.6 Å². The summed E-state index contributed by atoms with van der Waals surface area (Å²) in [7, 11) is 3.01. The highest BCUT2D eigenvalue weighted by Crippen LogP contribution is 2.33. The van der Waals surface area contributed by atoms with Gasteiger partial charge in [0.2, 0.25) is 0 Å². The van der Waals surface area contributed by atoms with Crippen molar-refractivity contribution < 1.29 is 23.7 Å². The Morgan fingerprint density at radius 1 is 1.19 bits per heavy atom. The maximum atomic E-state index is 12.8. The molecule has 0 N–H and O–H groups in total. The lowest BCUT2D eigenvalue weighted by Gasteiger charge is -2.14. The average molecular weight is 459 g/mol.